The van der Waals surface area contributed by atoms with E-state index in [1.54, 1.807) is 0 Å². The fraction of sp³-hybridized carbons (Fsp3) is 0.200. The van der Waals surface area contributed by atoms with Gasteiger partial charge in [-0.3, -0.25) is 9.59 Å². The van der Waals surface area contributed by atoms with Crippen molar-refractivity contribution in [2.45, 2.75) is 0 Å². The summed E-state index contributed by atoms with van der Waals surface area (Å²) in [5.74, 6) is -9.77. The number of carbonyl (C=O) groups excluding carboxylic acids is 2. The Hall–Kier alpha value is -2.12. The van der Waals surface area contributed by atoms with Crippen LogP contribution < -0.4 is 5.32 Å². The minimum Gasteiger partial charge on any atom is -0.468 e. The van der Waals surface area contributed by atoms with Crippen LogP contribution in [-0.4, -0.2) is 25.5 Å². The van der Waals surface area contributed by atoms with E-state index in [1.165, 1.54) is 0 Å². The molecule has 1 rings (SSSR count). The number of amides is 1. The first-order chi connectivity index (χ1) is 8.38. The fourth-order valence-electron chi connectivity index (χ4n) is 1.06. The molecule has 0 aliphatic heterocycles. The van der Waals surface area contributed by atoms with Crippen LogP contribution in [0.2, 0.25) is 0 Å². The second kappa shape index (κ2) is 5.48. The lowest BCUT2D eigenvalue weighted by Gasteiger charge is -2.06. The minimum atomic E-state index is -2.10. The Morgan fingerprint density at radius 2 is 1.78 bits per heavy atom. The lowest BCUT2D eigenvalue weighted by molar-refractivity contribution is -0.139. The third kappa shape index (κ3) is 2.76. The molecule has 0 atom stereocenters. The molecule has 98 valence electrons. The lowest BCUT2D eigenvalue weighted by Crippen LogP contribution is -2.31. The van der Waals surface area contributed by atoms with Gasteiger partial charge in [0, 0.05) is 0 Å². The summed E-state index contributed by atoms with van der Waals surface area (Å²) in [5.41, 5.74) is -1.05. The maximum Gasteiger partial charge on any atom is 0.325 e. The molecule has 4 nitrogen and oxygen atoms in total. The Kier molecular flexibility index (Phi) is 4.24. The van der Waals surface area contributed by atoms with Gasteiger partial charge in [-0.15, -0.1) is 0 Å². The summed E-state index contributed by atoms with van der Waals surface area (Å²) in [6, 6.07) is 0.195. The molecule has 0 radical (unpaired) electrons. The number of carbonyl (C=O) groups is 2. The summed E-state index contributed by atoms with van der Waals surface area (Å²) in [6.45, 7) is -0.616. The average Bonchev–Trinajstić information content (AvgIpc) is 2.37. The van der Waals surface area contributed by atoms with E-state index in [9.17, 15) is 27.2 Å². The van der Waals surface area contributed by atoms with Crippen molar-refractivity contribution in [3.8, 4) is 0 Å². The van der Waals surface area contributed by atoms with E-state index >= 15 is 0 Å². The smallest absolute Gasteiger partial charge is 0.325 e. The number of hydrogen-bond acceptors (Lipinski definition) is 3. The molecule has 0 spiro atoms. The van der Waals surface area contributed by atoms with Crippen molar-refractivity contribution in [1.29, 1.82) is 0 Å². The van der Waals surface area contributed by atoms with Gasteiger partial charge in [0.1, 0.15) is 6.54 Å². The maximum absolute atomic E-state index is 13.1. The number of ether oxygens (including phenoxy) is 1. The predicted octanol–water partition coefficient (Wildman–Crippen LogP) is 1.15. The van der Waals surface area contributed by atoms with Gasteiger partial charge in [0.15, 0.2) is 23.3 Å². The SMILES string of the molecule is COC(=O)CNC(=O)c1cc(F)c(F)c(F)c1F. The number of hydrogen-bond donors (Lipinski definition) is 1. The molecule has 0 bridgehead atoms. The topological polar surface area (TPSA) is 55.4 Å². The van der Waals surface area contributed by atoms with E-state index < -0.39 is 47.3 Å². The Bertz CT molecular complexity index is 504. The Balaban J connectivity index is 2.97. The summed E-state index contributed by atoms with van der Waals surface area (Å²) in [7, 11) is 1.05. The highest BCUT2D eigenvalue weighted by Crippen LogP contribution is 2.18. The molecule has 1 aromatic rings. The number of nitrogens with one attached hydrogen (secondary N) is 1. The van der Waals surface area contributed by atoms with Gasteiger partial charge in [-0.2, -0.15) is 0 Å². The molecule has 18 heavy (non-hydrogen) atoms. The molecule has 1 aromatic carbocycles. The van der Waals surface area contributed by atoms with Crippen molar-refractivity contribution in [3.05, 3.63) is 34.9 Å². The summed E-state index contributed by atoms with van der Waals surface area (Å²) in [6.07, 6.45) is 0. The number of benzene rings is 1. The molecule has 0 saturated heterocycles. The highest BCUT2D eigenvalue weighted by atomic mass is 19.2. The van der Waals surface area contributed by atoms with Crippen LogP contribution in [0, 0.1) is 23.3 Å². The quantitative estimate of drug-likeness (QED) is 0.386. The zero-order valence-corrected chi connectivity index (χ0v) is 9.02. The molecule has 0 aliphatic carbocycles. The number of halogens is 4. The number of esters is 1. The third-order valence-corrected chi connectivity index (χ3v) is 1.97. The van der Waals surface area contributed by atoms with Gasteiger partial charge in [0.05, 0.1) is 12.7 Å². The van der Waals surface area contributed by atoms with Gasteiger partial charge in [0.2, 0.25) is 0 Å². The molecular formula is C10H7F4NO3. The molecule has 0 heterocycles. The standard InChI is InChI=1S/C10H7F4NO3/c1-18-6(16)3-15-10(17)4-2-5(11)8(13)9(14)7(4)12/h2H,3H2,1H3,(H,15,17). The molecule has 0 saturated carbocycles. The van der Waals surface area contributed by atoms with Crippen LogP contribution in [0.4, 0.5) is 17.6 Å². The highest BCUT2D eigenvalue weighted by molar-refractivity contribution is 5.96. The largest absolute Gasteiger partial charge is 0.468 e. The average molecular weight is 265 g/mol. The molecular weight excluding hydrogens is 258 g/mol. The monoisotopic (exact) mass is 265 g/mol. The zero-order chi connectivity index (χ0) is 13.9. The molecule has 0 unspecified atom stereocenters. The third-order valence-electron chi connectivity index (χ3n) is 1.97. The van der Waals surface area contributed by atoms with Crippen LogP contribution in [0.5, 0.6) is 0 Å². The molecule has 1 N–H and O–H groups in total. The number of rotatable bonds is 3. The lowest BCUT2D eigenvalue weighted by atomic mass is 10.1. The van der Waals surface area contributed by atoms with Crippen molar-refractivity contribution in [3.63, 3.8) is 0 Å². The van der Waals surface area contributed by atoms with E-state index in [-0.39, 0.29) is 6.07 Å². The van der Waals surface area contributed by atoms with Gasteiger partial charge >= 0.3 is 5.97 Å². The van der Waals surface area contributed by atoms with Crippen molar-refractivity contribution in [2.75, 3.05) is 13.7 Å². The molecule has 8 heteroatoms. The summed E-state index contributed by atoms with van der Waals surface area (Å²) < 4.78 is 55.5. The van der Waals surface area contributed by atoms with Gasteiger partial charge in [-0.25, -0.2) is 17.6 Å². The second-order valence-electron chi connectivity index (χ2n) is 3.11. The molecule has 1 amide bonds. The van der Waals surface area contributed by atoms with Crippen LogP contribution in [0.25, 0.3) is 0 Å². The van der Waals surface area contributed by atoms with Gasteiger partial charge in [-0.1, -0.05) is 0 Å². The van der Waals surface area contributed by atoms with Crippen molar-refractivity contribution >= 4 is 11.9 Å². The molecule has 0 aromatic heterocycles. The fourth-order valence-corrected chi connectivity index (χ4v) is 1.06. The van der Waals surface area contributed by atoms with Crippen LogP contribution in [0.3, 0.4) is 0 Å². The van der Waals surface area contributed by atoms with Crippen LogP contribution in [-0.2, 0) is 9.53 Å². The van der Waals surface area contributed by atoms with Gasteiger partial charge in [-0.05, 0) is 6.07 Å². The normalized spacial score (nSPS) is 10.1. The van der Waals surface area contributed by atoms with E-state index in [4.69, 9.17) is 0 Å². The first-order valence-corrected chi connectivity index (χ1v) is 4.56. The Morgan fingerprint density at radius 1 is 1.17 bits per heavy atom. The summed E-state index contributed by atoms with van der Waals surface area (Å²) >= 11 is 0. The first kappa shape index (κ1) is 13.9. The van der Waals surface area contributed by atoms with Crippen LogP contribution in [0.1, 0.15) is 10.4 Å². The summed E-state index contributed by atoms with van der Waals surface area (Å²) in [4.78, 5) is 22.0. The van der Waals surface area contributed by atoms with E-state index in [0.29, 0.717) is 0 Å². The Labute approximate surface area is 98.5 Å². The van der Waals surface area contributed by atoms with Crippen molar-refractivity contribution < 1.29 is 31.9 Å². The van der Waals surface area contributed by atoms with Gasteiger partial charge < -0.3 is 10.1 Å². The van der Waals surface area contributed by atoms with E-state index in [1.807, 2.05) is 5.32 Å². The van der Waals surface area contributed by atoms with Crippen LogP contribution >= 0.6 is 0 Å². The second-order valence-corrected chi connectivity index (χ2v) is 3.11. The minimum absolute atomic E-state index is 0.195. The van der Waals surface area contributed by atoms with Gasteiger partial charge in [0.25, 0.3) is 5.91 Å². The zero-order valence-electron chi connectivity index (χ0n) is 9.02. The predicted molar refractivity (Wildman–Crippen MR) is 50.6 cm³/mol. The Morgan fingerprint density at radius 3 is 2.33 bits per heavy atom. The van der Waals surface area contributed by atoms with Crippen LogP contribution in [0.15, 0.2) is 6.07 Å². The van der Waals surface area contributed by atoms with Crippen molar-refractivity contribution in [1.82, 2.24) is 5.32 Å². The maximum atomic E-state index is 13.1. The highest BCUT2D eigenvalue weighted by Gasteiger charge is 2.23. The van der Waals surface area contributed by atoms with Crippen molar-refractivity contribution in [2.24, 2.45) is 0 Å². The first-order valence-electron chi connectivity index (χ1n) is 4.56. The van der Waals surface area contributed by atoms with E-state index in [0.717, 1.165) is 7.11 Å². The number of methoxy groups -OCH3 is 1. The van der Waals surface area contributed by atoms with E-state index in [2.05, 4.69) is 4.74 Å². The molecule has 0 fully saturated rings. The molecule has 0 aliphatic rings. The summed E-state index contributed by atoms with van der Waals surface area (Å²) in [5, 5.41) is 1.86.